The van der Waals surface area contributed by atoms with E-state index >= 15 is 0 Å². The Morgan fingerprint density at radius 2 is 1.49 bits per heavy atom. The van der Waals surface area contributed by atoms with Gasteiger partial charge in [0.25, 0.3) is 5.91 Å². The molecule has 186 valence electrons. The Labute approximate surface area is 207 Å². The van der Waals surface area contributed by atoms with E-state index < -0.39 is 0 Å². The van der Waals surface area contributed by atoms with Crippen LogP contribution in [0.15, 0.2) is 36.4 Å². The lowest BCUT2D eigenvalue weighted by atomic mass is 10.1. The number of anilines is 1. The Hall–Kier alpha value is -3.48. The van der Waals surface area contributed by atoms with Crippen LogP contribution in [-0.2, 0) is 0 Å². The van der Waals surface area contributed by atoms with Gasteiger partial charge in [-0.15, -0.1) is 0 Å². The molecule has 1 amide bonds. The number of pyridine rings is 1. The van der Waals surface area contributed by atoms with Gasteiger partial charge >= 0.3 is 0 Å². The number of hydrogen-bond acceptors (Lipinski definition) is 6. The maximum atomic E-state index is 13.4. The fourth-order valence-corrected chi connectivity index (χ4v) is 4.54. The number of nitrogens with zero attached hydrogens (tertiary/aromatic N) is 3. The van der Waals surface area contributed by atoms with Crippen LogP contribution in [0.5, 0.6) is 17.2 Å². The van der Waals surface area contributed by atoms with E-state index in [0.29, 0.717) is 55.7 Å². The van der Waals surface area contributed by atoms with Gasteiger partial charge in [0.15, 0.2) is 11.5 Å². The van der Waals surface area contributed by atoms with Crippen LogP contribution in [0.2, 0.25) is 0 Å². The van der Waals surface area contributed by atoms with E-state index in [0.717, 1.165) is 24.4 Å². The average Bonchev–Trinajstić information content (AvgIpc) is 2.86. The maximum absolute atomic E-state index is 13.4. The summed E-state index contributed by atoms with van der Waals surface area (Å²) < 4.78 is 17.4. The average molecular weight is 478 g/mol. The number of carbonyl (C=O) groups is 1. The third-order valence-corrected chi connectivity index (χ3v) is 6.28. The molecule has 4 rings (SSSR count). The van der Waals surface area contributed by atoms with Gasteiger partial charge in [0.2, 0.25) is 5.75 Å². The highest BCUT2D eigenvalue weighted by atomic mass is 16.5. The van der Waals surface area contributed by atoms with E-state index in [2.05, 4.69) is 43.0 Å². The minimum absolute atomic E-state index is 0.0342. The lowest BCUT2D eigenvalue weighted by Gasteiger charge is -2.36. The molecule has 0 N–H and O–H groups in total. The van der Waals surface area contributed by atoms with Crippen LogP contribution >= 0.6 is 0 Å². The van der Waals surface area contributed by atoms with Gasteiger partial charge in [0.05, 0.1) is 25.3 Å². The van der Waals surface area contributed by atoms with Crippen LogP contribution in [0.25, 0.3) is 10.9 Å². The van der Waals surface area contributed by atoms with E-state index in [9.17, 15) is 4.79 Å². The van der Waals surface area contributed by atoms with E-state index in [4.69, 9.17) is 19.2 Å². The van der Waals surface area contributed by atoms with Crippen molar-refractivity contribution in [2.75, 3.05) is 50.9 Å². The van der Waals surface area contributed by atoms with Crippen molar-refractivity contribution in [1.29, 1.82) is 0 Å². The van der Waals surface area contributed by atoms with Crippen molar-refractivity contribution < 1.29 is 19.0 Å². The molecule has 1 aliphatic rings. The number of carbonyl (C=O) groups excluding carboxylic acids is 1. The number of benzene rings is 2. The predicted octanol–water partition coefficient (Wildman–Crippen LogP) is 5.01. The summed E-state index contributed by atoms with van der Waals surface area (Å²) in [6.07, 6.45) is 0. The van der Waals surface area contributed by atoms with Gasteiger partial charge in [-0.25, -0.2) is 4.98 Å². The standard InChI is InChI=1S/C28H35N3O4/c1-6-33-23-17-21(18-24(34-7-2)27(23)35-8-3)28(32)31-14-12-30(13-15-31)25-16-20(5)22-11-9-10-19(4)26(22)29-25/h9-11,16-18H,6-8,12-15H2,1-5H3. The van der Waals surface area contributed by atoms with Gasteiger partial charge in [-0.05, 0) is 63.9 Å². The molecule has 1 aromatic heterocycles. The molecule has 0 bridgehead atoms. The zero-order valence-electron chi connectivity index (χ0n) is 21.4. The fourth-order valence-electron chi connectivity index (χ4n) is 4.54. The Morgan fingerprint density at radius 1 is 0.857 bits per heavy atom. The first-order valence-corrected chi connectivity index (χ1v) is 12.4. The van der Waals surface area contributed by atoms with Gasteiger partial charge in [-0.3, -0.25) is 4.79 Å². The third kappa shape index (κ3) is 5.14. The van der Waals surface area contributed by atoms with Crippen molar-refractivity contribution in [2.24, 2.45) is 0 Å². The summed E-state index contributed by atoms with van der Waals surface area (Å²) >= 11 is 0. The molecule has 0 saturated carbocycles. The highest BCUT2D eigenvalue weighted by Crippen LogP contribution is 2.39. The number of rotatable bonds is 8. The Balaban J connectivity index is 1.53. The molecule has 1 aliphatic heterocycles. The lowest BCUT2D eigenvalue weighted by molar-refractivity contribution is 0.0745. The van der Waals surface area contributed by atoms with Crippen molar-refractivity contribution >= 4 is 22.6 Å². The Kier molecular flexibility index (Phi) is 7.63. The van der Waals surface area contributed by atoms with E-state index in [1.807, 2.05) is 25.7 Å². The second-order valence-corrected chi connectivity index (χ2v) is 8.65. The normalized spacial score (nSPS) is 13.7. The summed E-state index contributed by atoms with van der Waals surface area (Å²) in [5.41, 5.74) is 3.98. The summed E-state index contributed by atoms with van der Waals surface area (Å²) in [6, 6.07) is 12.0. The third-order valence-electron chi connectivity index (χ3n) is 6.28. The fraction of sp³-hybridized carbons (Fsp3) is 0.429. The predicted molar refractivity (Wildman–Crippen MR) is 139 cm³/mol. The first-order valence-electron chi connectivity index (χ1n) is 12.4. The number of fused-ring (bicyclic) bond motifs is 1. The van der Waals surface area contributed by atoms with Gasteiger partial charge in [0.1, 0.15) is 5.82 Å². The van der Waals surface area contributed by atoms with Crippen molar-refractivity contribution in [3.8, 4) is 17.2 Å². The summed E-state index contributed by atoms with van der Waals surface area (Å²) in [7, 11) is 0. The highest BCUT2D eigenvalue weighted by Gasteiger charge is 2.26. The van der Waals surface area contributed by atoms with Crippen LogP contribution in [-0.4, -0.2) is 61.8 Å². The first kappa shape index (κ1) is 24.6. The summed E-state index contributed by atoms with van der Waals surface area (Å²) in [5.74, 6) is 2.55. The van der Waals surface area contributed by atoms with E-state index in [1.54, 1.807) is 12.1 Å². The number of piperazine rings is 1. The van der Waals surface area contributed by atoms with Crippen LogP contribution in [0, 0.1) is 13.8 Å². The van der Waals surface area contributed by atoms with Crippen molar-refractivity contribution in [1.82, 2.24) is 9.88 Å². The van der Waals surface area contributed by atoms with Crippen LogP contribution in [0.1, 0.15) is 42.3 Å². The molecule has 7 heteroatoms. The molecule has 7 nitrogen and oxygen atoms in total. The maximum Gasteiger partial charge on any atom is 0.254 e. The van der Waals surface area contributed by atoms with Crippen molar-refractivity contribution in [3.05, 3.63) is 53.1 Å². The molecule has 2 aromatic carbocycles. The molecule has 0 spiro atoms. The second kappa shape index (κ2) is 10.8. The largest absolute Gasteiger partial charge is 0.490 e. The minimum atomic E-state index is -0.0342. The number of aryl methyl sites for hydroxylation is 2. The second-order valence-electron chi connectivity index (χ2n) is 8.65. The van der Waals surface area contributed by atoms with Crippen molar-refractivity contribution in [3.63, 3.8) is 0 Å². The molecule has 3 aromatic rings. The minimum Gasteiger partial charge on any atom is -0.490 e. The molecule has 1 saturated heterocycles. The zero-order valence-corrected chi connectivity index (χ0v) is 21.4. The SMILES string of the molecule is CCOc1cc(C(=O)N2CCN(c3cc(C)c4cccc(C)c4n3)CC2)cc(OCC)c1OCC. The molecule has 0 unspecified atom stereocenters. The molecule has 0 radical (unpaired) electrons. The quantitative estimate of drug-likeness (QED) is 0.454. The van der Waals surface area contributed by atoms with Crippen LogP contribution < -0.4 is 19.1 Å². The first-order chi connectivity index (χ1) is 17.0. The van der Waals surface area contributed by atoms with Crippen molar-refractivity contribution in [2.45, 2.75) is 34.6 Å². The highest BCUT2D eigenvalue weighted by molar-refractivity contribution is 5.96. The van der Waals surface area contributed by atoms with E-state index in [1.165, 1.54) is 16.5 Å². The van der Waals surface area contributed by atoms with Crippen LogP contribution in [0.4, 0.5) is 5.82 Å². The van der Waals surface area contributed by atoms with E-state index in [-0.39, 0.29) is 5.91 Å². The smallest absolute Gasteiger partial charge is 0.254 e. The zero-order chi connectivity index (χ0) is 24.9. The lowest BCUT2D eigenvalue weighted by Crippen LogP contribution is -2.49. The molecule has 0 aliphatic carbocycles. The van der Waals surface area contributed by atoms with Gasteiger partial charge < -0.3 is 24.0 Å². The topological polar surface area (TPSA) is 64.1 Å². The molecule has 35 heavy (non-hydrogen) atoms. The summed E-state index contributed by atoms with van der Waals surface area (Å²) in [4.78, 5) is 22.5. The molecule has 2 heterocycles. The number of amides is 1. The molecular weight excluding hydrogens is 442 g/mol. The van der Waals surface area contributed by atoms with Crippen LogP contribution in [0.3, 0.4) is 0 Å². The molecular formula is C28H35N3O4. The summed E-state index contributed by atoms with van der Waals surface area (Å²) in [6.45, 7) is 14.1. The number of hydrogen-bond donors (Lipinski definition) is 0. The van der Waals surface area contributed by atoms with Gasteiger partial charge in [-0.1, -0.05) is 18.2 Å². The number of para-hydroxylation sites is 1. The molecule has 0 atom stereocenters. The molecule has 1 fully saturated rings. The Morgan fingerprint density at radius 3 is 2.09 bits per heavy atom. The number of ether oxygens (including phenoxy) is 3. The van der Waals surface area contributed by atoms with Gasteiger partial charge in [-0.2, -0.15) is 0 Å². The monoisotopic (exact) mass is 477 g/mol. The number of aromatic nitrogens is 1. The Bertz CT molecular complexity index is 1180. The van der Waals surface area contributed by atoms with Gasteiger partial charge in [0, 0.05) is 37.1 Å². The summed E-state index contributed by atoms with van der Waals surface area (Å²) in [5, 5.41) is 1.19.